The van der Waals surface area contributed by atoms with Crippen molar-refractivity contribution in [3.8, 4) is 5.88 Å². The van der Waals surface area contributed by atoms with Crippen LogP contribution in [0.25, 0.3) is 5.57 Å². The second-order valence-electron chi connectivity index (χ2n) is 6.39. The van der Waals surface area contributed by atoms with Crippen LogP contribution in [0.3, 0.4) is 0 Å². The number of hydrogen-bond acceptors (Lipinski definition) is 4. The SMILES string of the molecule is O=C1N=C(c2ccc(CO)cc2)c2c(O)[nH]c(C3=CC=C(CO)CC3)c21. The molecule has 26 heavy (non-hydrogen) atoms. The van der Waals surface area contributed by atoms with Crippen LogP contribution in [0.4, 0.5) is 0 Å². The summed E-state index contributed by atoms with van der Waals surface area (Å²) in [6, 6.07) is 7.07. The predicted octanol–water partition coefficient (Wildman–Crippen LogP) is 2.30. The molecule has 1 amide bonds. The summed E-state index contributed by atoms with van der Waals surface area (Å²) in [4.78, 5) is 19.6. The number of aromatic nitrogens is 1. The number of rotatable bonds is 4. The third-order valence-corrected chi connectivity index (χ3v) is 4.81. The molecule has 0 unspecified atom stereocenters. The fourth-order valence-electron chi connectivity index (χ4n) is 3.38. The molecule has 2 heterocycles. The average molecular weight is 350 g/mol. The van der Waals surface area contributed by atoms with Gasteiger partial charge in [0.05, 0.1) is 35.7 Å². The minimum absolute atomic E-state index is 0.0217. The topological polar surface area (TPSA) is 106 Å². The first-order chi connectivity index (χ1) is 12.6. The number of amides is 1. The number of nitrogens with zero attached hydrogens (tertiary/aromatic N) is 1. The Bertz CT molecular complexity index is 978. The highest BCUT2D eigenvalue weighted by Gasteiger charge is 2.34. The summed E-state index contributed by atoms with van der Waals surface area (Å²) in [6.45, 7) is -0.0398. The van der Waals surface area contributed by atoms with Crippen molar-refractivity contribution >= 4 is 17.2 Å². The molecule has 2 aliphatic rings. The first-order valence-corrected chi connectivity index (χ1v) is 8.40. The number of aromatic hydroxyl groups is 1. The molecule has 0 bridgehead atoms. The molecule has 132 valence electrons. The van der Waals surface area contributed by atoms with E-state index in [1.54, 1.807) is 24.3 Å². The molecular formula is C20H18N2O4. The summed E-state index contributed by atoms with van der Waals surface area (Å²) in [5, 5.41) is 28.8. The van der Waals surface area contributed by atoms with Gasteiger partial charge < -0.3 is 20.3 Å². The summed E-state index contributed by atoms with van der Waals surface area (Å²) in [5.74, 6) is -0.464. The number of carbonyl (C=O) groups is 1. The van der Waals surface area contributed by atoms with Gasteiger partial charge in [0.2, 0.25) is 0 Å². The molecule has 0 spiro atoms. The van der Waals surface area contributed by atoms with Gasteiger partial charge in [-0.3, -0.25) is 4.79 Å². The van der Waals surface area contributed by atoms with Crippen molar-refractivity contribution in [2.45, 2.75) is 19.4 Å². The minimum atomic E-state index is -0.384. The van der Waals surface area contributed by atoms with Gasteiger partial charge in [-0.05, 0) is 29.6 Å². The predicted molar refractivity (Wildman–Crippen MR) is 97.2 cm³/mol. The molecule has 4 N–H and O–H groups in total. The molecule has 0 atom stereocenters. The lowest BCUT2D eigenvalue weighted by Gasteiger charge is -2.12. The second kappa shape index (κ2) is 6.40. The lowest BCUT2D eigenvalue weighted by molar-refractivity contribution is 0.101. The maximum Gasteiger partial charge on any atom is 0.280 e. The molecule has 6 nitrogen and oxygen atoms in total. The highest BCUT2D eigenvalue weighted by molar-refractivity contribution is 6.29. The van der Waals surface area contributed by atoms with E-state index < -0.39 is 0 Å². The standard InChI is InChI=1S/C20H18N2O4/c23-9-11-1-5-13(6-2-11)17-15-16(20(26)21-17)18(22-19(15)25)14-7-3-12(10-24)4-8-14/h1-3,5-7,22-25H,4,8-10H2. The van der Waals surface area contributed by atoms with Gasteiger partial charge >= 0.3 is 0 Å². The fraction of sp³-hybridized carbons (Fsp3) is 0.200. The van der Waals surface area contributed by atoms with Gasteiger partial charge in [0.15, 0.2) is 5.88 Å². The van der Waals surface area contributed by atoms with Gasteiger partial charge in [0, 0.05) is 5.56 Å². The smallest absolute Gasteiger partial charge is 0.280 e. The van der Waals surface area contributed by atoms with Gasteiger partial charge in [-0.25, -0.2) is 4.99 Å². The molecule has 1 aliphatic heterocycles. The number of H-pyrrole nitrogens is 1. The normalized spacial score (nSPS) is 16.2. The molecule has 0 fully saturated rings. The van der Waals surface area contributed by atoms with Gasteiger partial charge in [-0.2, -0.15) is 0 Å². The van der Waals surface area contributed by atoms with Crippen LogP contribution >= 0.6 is 0 Å². The van der Waals surface area contributed by atoms with Crippen LogP contribution in [-0.2, 0) is 6.61 Å². The first kappa shape index (κ1) is 16.5. The van der Waals surface area contributed by atoms with Crippen molar-refractivity contribution in [1.29, 1.82) is 0 Å². The van der Waals surface area contributed by atoms with Crippen molar-refractivity contribution in [3.63, 3.8) is 0 Å². The van der Waals surface area contributed by atoms with E-state index in [-0.39, 0.29) is 25.0 Å². The van der Waals surface area contributed by atoms with Crippen molar-refractivity contribution in [1.82, 2.24) is 4.98 Å². The summed E-state index contributed by atoms with van der Waals surface area (Å²) < 4.78 is 0. The first-order valence-electron chi connectivity index (χ1n) is 8.40. The number of aromatic amines is 1. The number of hydrogen-bond donors (Lipinski definition) is 4. The Kier molecular flexibility index (Phi) is 4.06. The van der Waals surface area contributed by atoms with Gasteiger partial charge in [0.1, 0.15) is 0 Å². The number of aliphatic imine (C=N–C) groups is 1. The lowest BCUT2D eigenvalue weighted by Crippen LogP contribution is -2.01. The van der Waals surface area contributed by atoms with Crippen molar-refractivity contribution in [3.05, 3.63) is 69.9 Å². The van der Waals surface area contributed by atoms with Crippen LogP contribution in [0.15, 0.2) is 47.0 Å². The number of benzene rings is 1. The van der Waals surface area contributed by atoms with E-state index in [1.807, 2.05) is 12.2 Å². The molecule has 1 aromatic heterocycles. The Labute approximate surface area is 149 Å². The van der Waals surface area contributed by atoms with E-state index in [0.717, 1.165) is 16.7 Å². The molecule has 6 heteroatoms. The second-order valence-corrected chi connectivity index (χ2v) is 6.39. The Balaban J connectivity index is 1.77. The molecule has 1 aromatic carbocycles. The monoisotopic (exact) mass is 350 g/mol. The van der Waals surface area contributed by atoms with Crippen LogP contribution in [0.2, 0.25) is 0 Å². The number of aliphatic hydroxyl groups is 2. The number of nitrogens with one attached hydrogen (secondary N) is 1. The summed E-state index contributed by atoms with van der Waals surface area (Å²) in [6.07, 6.45) is 5.09. The summed E-state index contributed by atoms with van der Waals surface area (Å²) in [5.41, 5.74) is 5.12. The zero-order chi connectivity index (χ0) is 18.3. The number of aliphatic hydroxyl groups excluding tert-OH is 2. The van der Waals surface area contributed by atoms with Gasteiger partial charge in [-0.1, -0.05) is 36.4 Å². The largest absolute Gasteiger partial charge is 0.494 e. The fourth-order valence-corrected chi connectivity index (χ4v) is 3.38. The third kappa shape index (κ3) is 2.60. The van der Waals surface area contributed by atoms with Gasteiger partial charge in [-0.15, -0.1) is 0 Å². The number of carbonyl (C=O) groups excluding carboxylic acids is 1. The van der Waals surface area contributed by atoms with E-state index in [1.165, 1.54) is 0 Å². The van der Waals surface area contributed by atoms with Crippen molar-refractivity contribution in [2.24, 2.45) is 4.99 Å². The van der Waals surface area contributed by atoms with E-state index in [2.05, 4.69) is 9.98 Å². The molecule has 4 rings (SSSR count). The Morgan fingerprint density at radius 3 is 2.38 bits per heavy atom. The average Bonchev–Trinajstić information content (AvgIpc) is 3.21. The van der Waals surface area contributed by atoms with Crippen LogP contribution in [0.5, 0.6) is 5.88 Å². The molecule has 1 aliphatic carbocycles. The van der Waals surface area contributed by atoms with E-state index in [4.69, 9.17) is 5.11 Å². The van der Waals surface area contributed by atoms with E-state index >= 15 is 0 Å². The third-order valence-electron chi connectivity index (χ3n) is 4.81. The van der Waals surface area contributed by atoms with Crippen LogP contribution < -0.4 is 0 Å². The Hall–Kier alpha value is -2.96. The van der Waals surface area contributed by atoms with Crippen molar-refractivity contribution < 1.29 is 20.1 Å². The zero-order valence-corrected chi connectivity index (χ0v) is 14.0. The molecule has 0 saturated heterocycles. The number of allylic oxidation sites excluding steroid dienone is 3. The van der Waals surface area contributed by atoms with Crippen LogP contribution in [-0.4, -0.2) is 38.5 Å². The van der Waals surface area contributed by atoms with Crippen molar-refractivity contribution in [2.75, 3.05) is 6.61 Å². The summed E-state index contributed by atoms with van der Waals surface area (Å²) >= 11 is 0. The minimum Gasteiger partial charge on any atom is -0.494 e. The molecule has 0 radical (unpaired) electrons. The Morgan fingerprint density at radius 1 is 1.00 bits per heavy atom. The maximum atomic E-state index is 12.5. The highest BCUT2D eigenvalue weighted by atomic mass is 16.3. The summed E-state index contributed by atoms with van der Waals surface area (Å²) in [7, 11) is 0. The molecule has 2 aromatic rings. The Morgan fingerprint density at radius 2 is 1.77 bits per heavy atom. The zero-order valence-electron chi connectivity index (χ0n) is 14.0. The van der Waals surface area contributed by atoms with Gasteiger partial charge in [0.25, 0.3) is 5.91 Å². The lowest BCUT2D eigenvalue weighted by atomic mass is 9.93. The number of fused-ring (bicyclic) bond motifs is 1. The van der Waals surface area contributed by atoms with E-state index in [0.29, 0.717) is 40.9 Å². The molecule has 0 saturated carbocycles. The highest BCUT2D eigenvalue weighted by Crippen LogP contribution is 2.38. The van der Waals surface area contributed by atoms with Crippen LogP contribution in [0.1, 0.15) is 45.6 Å². The maximum absolute atomic E-state index is 12.5. The van der Waals surface area contributed by atoms with Crippen LogP contribution in [0, 0.1) is 0 Å². The molecular weight excluding hydrogens is 332 g/mol. The van der Waals surface area contributed by atoms with E-state index in [9.17, 15) is 15.0 Å². The quantitative estimate of drug-likeness (QED) is 0.679.